The van der Waals surface area contributed by atoms with Crippen molar-refractivity contribution in [2.45, 2.75) is 13.3 Å². The van der Waals surface area contributed by atoms with Gasteiger partial charge in [0.2, 0.25) is 0 Å². The second kappa shape index (κ2) is 6.12. The largest absolute Gasteiger partial charge is 0.296 e. The van der Waals surface area contributed by atoms with Crippen LogP contribution in [0.3, 0.4) is 0 Å². The summed E-state index contributed by atoms with van der Waals surface area (Å²) >= 11 is 5.93. The summed E-state index contributed by atoms with van der Waals surface area (Å²) < 4.78 is 1.67. The van der Waals surface area contributed by atoms with E-state index in [1.54, 1.807) is 16.8 Å². The predicted molar refractivity (Wildman–Crippen MR) is 86.6 cm³/mol. The third-order valence-corrected chi connectivity index (χ3v) is 3.77. The molecule has 0 aliphatic carbocycles. The first kappa shape index (κ1) is 14.5. The van der Waals surface area contributed by atoms with Crippen molar-refractivity contribution in [1.29, 1.82) is 0 Å². The molecule has 0 unspecified atom stereocenters. The van der Waals surface area contributed by atoms with Crippen LogP contribution in [-0.2, 0) is 6.42 Å². The van der Waals surface area contributed by atoms with Crippen LogP contribution < -0.4 is 0 Å². The van der Waals surface area contributed by atoms with Gasteiger partial charge in [-0.05, 0) is 36.2 Å². The van der Waals surface area contributed by atoms with Gasteiger partial charge in [0.15, 0.2) is 12.0 Å². The quantitative estimate of drug-likeness (QED) is 0.685. The summed E-state index contributed by atoms with van der Waals surface area (Å²) in [6.07, 6.45) is 1.69. The molecule has 3 rings (SSSR count). The van der Waals surface area contributed by atoms with E-state index < -0.39 is 0 Å². The van der Waals surface area contributed by atoms with Crippen LogP contribution in [0.2, 0.25) is 5.02 Å². The molecule has 3 aromatic rings. The van der Waals surface area contributed by atoms with Crippen molar-refractivity contribution in [1.82, 2.24) is 15.0 Å². The SMILES string of the molecule is CCc1ccc(-n2nnc(C=O)c2-c2ccc(Cl)cc2)cc1. The molecule has 1 aromatic heterocycles. The van der Waals surface area contributed by atoms with Crippen molar-refractivity contribution < 1.29 is 4.79 Å². The fourth-order valence-corrected chi connectivity index (χ4v) is 2.43. The molecule has 0 aliphatic heterocycles. The molecule has 1 heterocycles. The molecule has 0 bridgehead atoms. The number of aryl methyl sites for hydroxylation is 1. The molecule has 0 saturated heterocycles. The molecule has 0 radical (unpaired) electrons. The third kappa shape index (κ3) is 2.65. The Hall–Kier alpha value is -2.46. The lowest BCUT2D eigenvalue weighted by Gasteiger charge is -2.08. The van der Waals surface area contributed by atoms with Gasteiger partial charge in [0.1, 0.15) is 5.69 Å². The average Bonchev–Trinajstić information content (AvgIpc) is 2.99. The number of carbonyl (C=O) groups is 1. The molecule has 22 heavy (non-hydrogen) atoms. The summed E-state index contributed by atoms with van der Waals surface area (Å²) in [4.78, 5) is 11.3. The summed E-state index contributed by atoms with van der Waals surface area (Å²) in [6, 6.07) is 15.3. The van der Waals surface area contributed by atoms with Crippen LogP contribution in [0.5, 0.6) is 0 Å². The van der Waals surface area contributed by atoms with Crippen molar-refractivity contribution in [3.63, 3.8) is 0 Å². The maximum absolute atomic E-state index is 11.3. The fraction of sp³-hybridized carbons (Fsp3) is 0.118. The van der Waals surface area contributed by atoms with Crippen molar-refractivity contribution in [3.8, 4) is 16.9 Å². The summed E-state index contributed by atoms with van der Waals surface area (Å²) in [6.45, 7) is 2.11. The van der Waals surface area contributed by atoms with Gasteiger partial charge in [0.05, 0.1) is 5.69 Å². The second-order valence-electron chi connectivity index (χ2n) is 4.88. The summed E-state index contributed by atoms with van der Waals surface area (Å²) in [5.41, 5.74) is 3.92. The first-order chi connectivity index (χ1) is 10.7. The minimum Gasteiger partial charge on any atom is -0.296 e. The molecule has 0 saturated carbocycles. The van der Waals surface area contributed by atoms with E-state index in [0.717, 1.165) is 17.7 Å². The van der Waals surface area contributed by atoms with Crippen LogP contribution in [-0.4, -0.2) is 21.3 Å². The van der Waals surface area contributed by atoms with E-state index in [1.807, 2.05) is 36.4 Å². The van der Waals surface area contributed by atoms with Crippen LogP contribution in [0.15, 0.2) is 48.5 Å². The highest BCUT2D eigenvalue weighted by atomic mass is 35.5. The smallest absolute Gasteiger partial charge is 0.172 e. The van der Waals surface area contributed by atoms with Gasteiger partial charge in [-0.1, -0.05) is 48.0 Å². The van der Waals surface area contributed by atoms with Crippen LogP contribution in [0.25, 0.3) is 16.9 Å². The Labute approximate surface area is 133 Å². The van der Waals surface area contributed by atoms with Crippen molar-refractivity contribution in [3.05, 3.63) is 64.8 Å². The van der Waals surface area contributed by atoms with Crippen molar-refractivity contribution >= 4 is 17.9 Å². The van der Waals surface area contributed by atoms with Gasteiger partial charge in [0.25, 0.3) is 0 Å². The number of aromatic nitrogens is 3. The molecule has 5 heteroatoms. The van der Waals surface area contributed by atoms with Gasteiger partial charge >= 0.3 is 0 Å². The van der Waals surface area contributed by atoms with Gasteiger partial charge in [-0.15, -0.1) is 5.10 Å². The van der Waals surface area contributed by atoms with E-state index >= 15 is 0 Å². The zero-order chi connectivity index (χ0) is 15.5. The topological polar surface area (TPSA) is 47.8 Å². The van der Waals surface area contributed by atoms with Crippen molar-refractivity contribution in [2.24, 2.45) is 0 Å². The predicted octanol–water partition coefficient (Wildman–Crippen LogP) is 3.96. The van der Waals surface area contributed by atoms with Gasteiger partial charge in [-0.25, -0.2) is 4.68 Å². The van der Waals surface area contributed by atoms with E-state index in [4.69, 9.17) is 11.6 Å². The Bertz CT molecular complexity index is 792. The second-order valence-corrected chi connectivity index (χ2v) is 5.32. The Morgan fingerprint density at radius 1 is 1.09 bits per heavy atom. The summed E-state index contributed by atoms with van der Waals surface area (Å²) in [7, 11) is 0. The number of nitrogens with zero attached hydrogens (tertiary/aromatic N) is 3. The molecule has 0 N–H and O–H groups in total. The zero-order valence-corrected chi connectivity index (χ0v) is 12.8. The van der Waals surface area contributed by atoms with Crippen LogP contribution in [0, 0.1) is 0 Å². The van der Waals surface area contributed by atoms with Gasteiger partial charge in [0, 0.05) is 10.6 Å². The lowest BCUT2D eigenvalue weighted by atomic mass is 10.1. The number of aldehydes is 1. The van der Waals surface area contributed by atoms with Gasteiger partial charge in [-0.2, -0.15) is 0 Å². The number of hydrogen-bond donors (Lipinski definition) is 0. The molecule has 110 valence electrons. The molecule has 0 spiro atoms. The minimum absolute atomic E-state index is 0.307. The molecule has 0 atom stereocenters. The van der Waals surface area contributed by atoms with Crippen LogP contribution in [0.4, 0.5) is 0 Å². The Morgan fingerprint density at radius 2 is 1.77 bits per heavy atom. The highest BCUT2D eigenvalue weighted by Gasteiger charge is 2.15. The number of rotatable bonds is 4. The highest BCUT2D eigenvalue weighted by molar-refractivity contribution is 6.30. The van der Waals surface area contributed by atoms with E-state index in [9.17, 15) is 4.79 Å². The Kier molecular flexibility index (Phi) is 4.02. The lowest BCUT2D eigenvalue weighted by Crippen LogP contribution is -2.00. The minimum atomic E-state index is 0.307. The number of hydrogen-bond acceptors (Lipinski definition) is 3. The lowest BCUT2D eigenvalue weighted by molar-refractivity contribution is 0.111. The fourth-order valence-electron chi connectivity index (χ4n) is 2.30. The Morgan fingerprint density at radius 3 is 2.36 bits per heavy atom. The Balaban J connectivity index is 2.13. The molecular weight excluding hydrogens is 298 g/mol. The number of carbonyl (C=O) groups excluding carboxylic acids is 1. The molecule has 0 amide bonds. The van der Waals surface area contributed by atoms with E-state index in [-0.39, 0.29) is 0 Å². The number of halogens is 1. The van der Waals surface area contributed by atoms with Gasteiger partial charge in [-0.3, -0.25) is 4.79 Å². The molecular formula is C17H14ClN3O. The first-order valence-electron chi connectivity index (χ1n) is 6.99. The van der Waals surface area contributed by atoms with Crippen LogP contribution in [0.1, 0.15) is 23.0 Å². The number of benzene rings is 2. The molecule has 2 aromatic carbocycles. The zero-order valence-electron chi connectivity index (χ0n) is 12.0. The monoisotopic (exact) mass is 311 g/mol. The van der Waals surface area contributed by atoms with E-state index in [2.05, 4.69) is 17.2 Å². The third-order valence-electron chi connectivity index (χ3n) is 3.51. The maximum atomic E-state index is 11.3. The van der Waals surface area contributed by atoms with Crippen LogP contribution >= 0.6 is 11.6 Å². The first-order valence-corrected chi connectivity index (χ1v) is 7.37. The maximum Gasteiger partial charge on any atom is 0.172 e. The molecule has 0 aliphatic rings. The normalized spacial score (nSPS) is 10.6. The standard InChI is InChI=1S/C17H14ClN3O/c1-2-12-3-9-15(10-4-12)21-17(16(11-22)19-20-21)13-5-7-14(18)8-6-13/h3-11H,2H2,1H3. The van der Waals surface area contributed by atoms with E-state index in [0.29, 0.717) is 22.7 Å². The highest BCUT2D eigenvalue weighted by Crippen LogP contribution is 2.26. The summed E-state index contributed by atoms with van der Waals surface area (Å²) in [5, 5.41) is 8.72. The summed E-state index contributed by atoms with van der Waals surface area (Å²) in [5.74, 6) is 0. The molecule has 0 fully saturated rings. The van der Waals surface area contributed by atoms with Crippen molar-refractivity contribution in [2.75, 3.05) is 0 Å². The average molecular weight is 312 g/mol. The molecule has 4 nitrogen and oxygen atoms in total. The van der Waals surface area contributed by atoms with Gasteiger partial charge < -0.3 is 0 Å². The van der Waals surface area contributed by atoms with E-state index in [1.165, 1.54) is 5.56 Å².